The van der Waals surface area contributed by atoms with Gasteiger partial charge in [0.1, 0.15) is 0 Å². The zero-order chi connectivity index (χ0) is 12.2. The molecule has 0 atom stereocenters. The summed E-state index contributed by atoms with van der Waals surface area (Å²) in [7, 11) is 2.11. The molecule has 0 aliphatic carbocycles. The van der Waals surface area contributed by atoms with Crippen molar-refractivity contribution in [3.63, 3.8) is 0 Å². The first-order valence-corrected chi connectivity index (χ1v) is 7.17. The van der Waals surface area contributed by atoms with Crippen LogP contribution in [0.4, 0.5) is 0 Å². The third-order valence-electron chi connectivity index (χ3n) is 2.64. The Morgan fingerprint density at radius 3 is 2.38 bits per heavy atom. The molecule has 16 heavy (non-hydrogen) atoms. The molecule has 0 radical (unpaired) electrons. The number of hydrogen-bond acceptors (Lipinski definition) is 3. The number of rotatable bonds is 11. The second-order valence-corrected chi connectivity index (χ2v) is 5.21. The third-order valence-corrected chi connectivity index (χ3v) is 3.12. The van der Waals surface area contributed by atoms with Crippen molar-refractivity contribution in [1.29, 1.82) is 0 Å². The Morgan fingerprint density at radius 2 is 1.75 bits per heavy atom. The van der Waals surface area contributed by atoms with Crippen molar-refractivity contribution in [3.8, 4) is 0 Å². The molecule has 0 amide bonds. The molecular weight excluding hydrogens is 218 g/mol. The van der Waals surface area contributed by atoms with E-state index in [1.54, 1.807) is 0 Å². The summed E-state index contributed by atoms with van der Waals surface area (Å²) in [6.45, 7) is 7.55. The standard InChI is InChI=1S/C13H29NOS/c1-13(2)8-7-11-15-10-6-4-5-9-14(3)12-16/h13,16H,4-12H2,1-3H3. The van der Waals surface area contributed by atoms with Crippen molar-refractivity contribution in [2.24, 2.45) is 5.92 Å². The average Bonchev–Trinajstić information content (AvgIpc) is 2.26. The summed E-state index contributed by atoms with van der Waals surface area (Å²) in [6, 6.07) is 0. The monoisotopic (exact) mass is 247 g/mol. The molecule has 0 bridgehead atoms. The lowest BCUT2D eigenvalue weighted by atomic mass is 10.1. The van der Waals surface area contributed by atoms with E-state index in [1.165, 1.54) is 32.1 Å². The van der Waals surface area contributed by atoms with Crippen LogP contribution < -0.4 is 0 Å². The fourth-order valence-corrected chi connectivity index (χ4v) is 1.67. The lowest BCUT2D eigenvalue weighted by Crippen LogP contribution is -2.17. The highest BCUT2D eigenvalue weighted by Crippen LogP contribution is 2.04. The van der Waals surface area contributed by atoms with Crippen LogP contribution in [0.1, 0.15) is 46.0 Å². The molecule has 0 aromatic rings. The molecular formula is C13H29NOS. The first-order valence-electron chi connectivity index (χ1n) is 6.54. The first-order chi connectivity index (χ1) is 7.66. The highest BCUT2D eigenvalue weighted by Gasteiger charge is 1.96. The van der Waals surface area contributed by atoms with Crippen molar-refractivity contribution >= 4 is 12.6 Å². The lowest BCUT2D eigenvalue weighted by molar-refractivity contribution is 0.123. The Balaban J connectivity index is 2.99. The summed E-state index contributed by atoms with van der Waals surface area (Å²) in [6.07, 6.45) is 6.21. The van der Waals surface area contributed by atoms with Crippen LogP contribution >= 0.6 is 12.6 Å². The van der Waals surface area contributed by atoms with E-state index in [-0.39, 0.29) is 0 Å². The van der Waals surface area contributed by atoms with Crippen molar-refractivity contribution in [2.75, 3.05) is 32.7 Å². The molecule has 0 aromatic carbocycles. The first kappa shape index (κ1) is 16.3. The van der Waals surface area contributed by atoms with E-state index in [4.69, 9.17) is 4.74 Å². The molecule has 3 heteroatoms. The number of hydrogen-bond donors (Lipinski definition) is 1. The minimum Gasteiger partial charge on any atom is -0.381 e. The van der Waals surface area contributed by atoms with Crippen LogP contribution in [-0.2, 0) is 4.74 Å². The fraction of sp³-hybridized carbons (Fsp3) is 1.00. The van der Waals surface area contributed by atoms with Gasteiger partial charge in [0.2, 0.25) is 0 Å². The second kappa shape index (κ2) is 11.7. The predicted octanol–water partition coefficient (Wildman–Crippen LogP) is 3.43. The third kappa shape index (κ3) is 12.3. The number of nitrogens with zero attached hydrogens (tertiary/aromatic N) is 1. The molecule has 0 N–H and O–H groups in total. The van der Waals surface area contributed by atoms with E-state index in [2.05, 4.69) is 38.4 Å². The Kier molecular flexibility index (Phi) is 11.9. The van der Waals surface area contributed by atoms with Crippen molar-refractivity contribution in [1.82, 2.24) is 4.90 Å². The smallest absolute Gasteiger partial charge is 0.0466 e. The van der Waals surface area contributed by atoms with Gasteiger partial charge in [0.05, 0.1) is 0 Å². The molecule has 98 valence electrons. The van der Waals surface area contributed by atoms with Crippen LogP contribution in [-0.4, -0.2) is 37.6 Å². The zero-order valence-electron chi connectivity index (χ0n) is 11.2. The summed E-state index contributed by atoms with van der Waals surface area (Å²) in [5.41, 5.74) is 0. The van der Waals surface area contributed by atoms with Gasteiger partial charge in [-0.15, -0.1) is 0 Å². The van der Waals surface area contributed by atoms with Gasteiger partial charge in [-0.25, -0.2) is 0 Å². The Bertz CT molecular complexity index is 142. The summed E-state index contributed by atoms with van der Waals surface area (Å²) in [5.74, 6) is 1.66. The van der Waals surface area contributed by atoms with Crippen LogP contribution in [0.2, 0.25) is 0 Å². The highest BCUT2D eigenvalue weighted by molar-refractivity contribution is 7.80. The SMILES string of the molecule is CC(C)CCCOCCCCCN(C)CS. The van der Waals surface area contributed by atoms with Crippen LogP contribution in [0.25, 0.3) is 0 Å². The van der Waals surface area contributed by atoms with E-state index in [9.17, 15) is 0 Å². The van der Waals surface area contributed by atoms with Gasteiger partial charge in [-0.1, -0.05) is 13.8 Å². The van der Waals surface area contributed by atoms with Gasteiger partial charge in [0.25, 0.3) is 0 Å². The average molecular weight is 247 g/mol. The normalized spacial score (nSPS) is 11.6. The zero-order valence-corrected chi connectivity index (χ0v) is 12.1. The van der Waals surface area contributed by atoms with Crippen molar-refractivity contribution in [2.45, 2.75) is 46.0 Å². The maximum Gasteiger partial charge on any atom is 0.0466 e. The maximum atomic E-state index is 5.59. The van der Waals surface area contributed by atoms with Crippen LogP contribution in [0.3, 0.4) is 0 Å². The highest BCUT2D eigenvalue weighted by atomic mass is 32.1. The summed E-state index contributed by atoms with van der Waals surface area (Å²) >= 11 is 4.22. The van der Waals surface area contributed by atoms with Crippen molar-refractivity contribution < 1.29 is 4.74 Å². The molecule has 0 saturated heterocycles. The van der Waals surface area contributed by atoms with Crippen LogP contribution in [0.15, 0.2) is 0 Å². The second-order valence-electron chi connectivity index (χ2n) is 4.93. The molecule has 0 aliphatic heterocycles. The Hall–Kier alpha value is 0.270. The van der Waals surface area contributed by atoms with Crippen LogP contribution in [0.5, 0.6) is 0 Å². The Labute approximate surface area is 107 Å². The van der Waals surface area contributed by atoms with E-state index in [0.29, 0.717) is 0 Å². The molecule has 0 heterocycles. The summed E-state index contributed by atoms with van der Waals surface area (Å²) in [5, 5.41) is 0. The van der Waals surface area contributed by atoms with Crippen LogP contribution in [0, 0.1) is 5.92 Å². The molecule has 0 fully saturated rings. The predicted molar refractivity (Wildman–Crippen MR) is 75.2 cm³/mol. The minimum atomic E-state index is 0.806. The van der Waals surface area contributed by atoms with Gasteiger partial charge in [-0.3, -0.25) is 4.90 Å². The molecule has 0 rings (SSSR count). The quantitative estimate of drug-likeness (QED) is 0.341. The fourth-order valence-electron chi connectivity index (χ4n) is 1.53. The molecule has 0 spiro atoms. The van der Waals surface area contributed by atoms with Gasteiger partial charge < -0.3 is 4.74 Å². The van der Waals surface area contributed by atoms with Gasteiger partial charge in [0, 0.05) is 19.1 Å². The van der Waals surface area contributed by atoms with E-state index >= 15 is 0 Å². The van der Waals surface area contributed by atoms with E-state index in [1.807, 2.05) is 0 Å². The Morgan fingerprint density at radius 1 is 1.06 bits per heavy atom. The van der Waals surface area contributed by atoms with Gasteiger partial charge in [-0.05, 0) is 51.6 Å². The molecule has 2 nitrogen and oxygen atoms in total. The molecule has 0 aliphatic rings. The minimum absolute atomic E-state index is 0.806. The van der Waals surface area contributed by atoms with Gasteiger partial charge in [-0.2, -0.15) is 12.6 Å². The van der Waals surface area contributed by atoms with Crippen molar-refractivity contribution in [3.05, 3.63) is 0 Å². The maximum absolute atomic E-state index is 5.59. The van der Waals surface area contributed by atoms with E-state index in [0.717, 1.165) is 31.6 Å². The number of ether oxygens (including phenoxy) is 1. The van der Waals surface area contributed by atoms with Gasteiger partial charge in [0.15, 0.2) is 0 Å². The summed E-state index contributed by atoms with van der Waals surface area (Å²) < 4.78 is 5.59. The number of unbranched alkanes of at least 4 members (excludes halogenated alkanes) is 2. The van der Waals surface area contributed by atoms with Gasteiger partial charge >= 0.3 is 0 Å². The molecule has 0 aromatic heterocycles. The largest absolute Gasteiger partial charge is 0.381 e. The van der Waals surface area contributed by atoms with E-state index < -0.39 is 0 Å². The number of thiol groups is 1. The molecule has 0 saturated carbocycles. The summed E-state index contributed by atoms with van der Waals surface area (Å²) in [4.78, 5) is 2.23. The lowest BCUT2D eigenvalue weighted by Gasteiger charge is -2.12. The molecule has 0 unspecified atom stereocenters. The topological polar surface area (TPSA) is 12.5 Å².